The second-order valence-corrected chi connectivity index (χ2v) is 6.91. The number of hydrogen-bond acceptors (Lipinski definition) is 5. The van der Waals surface area contributed by atoms with Gasteiger partial charge in [-0.2, -0.15) is 0 Å². The first-order valence-corrected chi connectivity index (χ1v) is 9.94. The molecular weight excluding hydrogens is 382 g/mol. The van der Waals surface area contributed by atoms with Crippen molar-refractivity contribution in [3.05, 3.63) is 65.2 Å². The zero-order valence-electron chi connectivity index (χ0n) is 17.0. The van der Waals surface area contributed by atoms with E-state index >= 15 is 0 Å². The molecule has 30 heavy (non-hydrogen) atoms. The summed E-state index contributed by atoms with van der Waals surface area (Å²) in [4.78, 5) is 23.7. The van der Waals surface area contributed by atoms with Crippen molar-refractivity contribution >= 4 is 17.6 Å². The van der Waals surface area contributed by atoms with Crippen LogP contribution >= 0.6 is 0 Å². The van der Waals surface area contributed by atoms with Crippen molar-refractivity contribution in [3.63, 3.8) is 0 Å². The molecule has 0 bridgehead atoms. The van der Waals surface area contributed by atoms with E-state index in [1.165, 1.54) is 7.11 Å². The van der Waals surface area contributed by atoms with E-state index in [-0.39, 0.29) is 18.4 Å². The average molecular weight is 407 g/mol. The SMILES string of the molecule is COC(=O)c1cccc(C#Cc2cccc(NC(=O)CCOCC3CCCO3)c2)c1. The normalized spacial score (nSPS) is 15.2. The summed E-state index contributed by atoms with van der Waals surface area (Å²) in [7, 11) is 1.34. The summed E-state index contributed by atoms with van der Waals surface area (Å²) in [6.45, 7) is 1.70. The van der Waals surface area contributed by atoms with Gasteiger partial charge in [-0.1, -0.05) is 24.0 Å². The van der Waals surface area contributed by atoms with E-state index in [9.17, 15) is 9.59 Å². The molecule has 1 atom stereocenters. The molecule has 1 heterocycles. The van der Waals surface area contributed by atoms with Crippen molar-refractivity contribution in [2.75, 3.05) is 32.2 Å². The maximum absolute atomic E-state index is 12.1. The highest BCUT2D eigenvalue weighted by atomic mass is 16.5. The number of ether oxygens (including phenoxy) is 3. The highest BCUT2D eigenvalue weighted by Crippen LogP contribution is 2.13. The van der Waals surface area contributed by atoms with Crippen LogP contribution in [-0.2, 0) is 19.0 Å². The van der Waals surface area contributed by atoms with Crippen molar-refractivity contribution in [1.82, 2.24) is 0 Å². The summed E-state index contributed by atoms with van der Waals surface area (Å²) in [6, 6.07) is 14.3. The van der Waals surface area contributed by atoms with E-state index in [1.54, 1.807) is 18.2 Å². The van der Waals surface area contributed by atoms with Crippen LogP contribution < -0.4 is 5.32 Å². The van der Waals surface area contributed by atoms with E-state index in [1.807, 2.05) is 30.3 Å². The Labute approximate surface area is 176 Å². The predicted molar refractivity (Wildman–Crippen MR) is 113 cm³/mol. The molecule has 0 aliphatic carbocycles. The number of esters is 1. The number of carbonyl (C=O) groups excluding carboxylic acids is 2. The second-order valence-electron chi connectivity index (χ2n) is 6.91. The third-order valence-electron chi connectivity index (χ3n) is 4.58. The fourth-order valence-electron chi connectivity index (χ4n) is 3.04. The van der Waals surface area contributed by atoms with Crippen LogP contribution in [0.4, 0.5) is 5.69 Å². The van der Waals surface area contributed by atoms with Crippen molar-refractivity contribution < 1.29 is 23.8 Å². The fourth-order valence-corrected chi connectivity index (χ4v) is 3.04. The molecule has 1 unspecified atom stereocenters. The number of nitrogens with one attached hydrogen (secondary N) is 1. The van der Waals surface area contributed by atoms with Gasteiger partial charge in [0.1, 0.15) is 0 Å². The van der Waals surface area contributed by atoms with E-state index in [2.05, 4.69) is 17.2 Å². The minimum absolute atomic E-state index is 0.113. The molecule has 0 spiro atoms. The Morgan fingerprint density at radius 1 is 1.13 bits per heavy atom. The Bertz CT molecular complexity index is 938. The molecule has 6 nitrogen and oxygen atoms in total. The van der Waals surface area contributed by atoms with Crippen LogP contribution in [-0.4, -0.2) is 44.9 Å². The minimum Gasteiger partial charge on any atom is -0.465 e. The minimum atomic E-state index is -0.400. The maximum Gasteiger partial charge on any atom is 0.337 e. The predicted octanol–water partition coefficient (Wildman–Crippen LogP) is 3.40. The van der Waals surface area contributed by atoms with Gasteiger partial charge in [-0.3, -0.25) is 4.79 Å². The first-order chi connectivity index (χ1) is 14.6. The van der Waals surface area contributed by atoms with E-state index in [4.69, 9.17) is 14.2 Å². The van der Waals surface area contributed by atoms with Crippen molar-refractivity contribution in [1.29, 1.82) is 0 Å². The van der Waals surface area contributed by atoms with E-state index < -0.39 is 5.97 Å². The van der Waals surface area contributed by atoms with Gasteiger partial charge in [0.2, 0.25) is 5.91 Å². The molecule has 0 aromatic heterocycles. The lowest BCUT2D eigenvalue weighted by Crippen LogP contribution is -2.18. The number of amides is 1. The third kappa shape index (κ3) is 6.73. The Morgan fingerprint density at radius 3 is 2.63 bits per heavy atom. The van der Waals surface area contributed by atoms with Gasteiger partial charge in [-0.05, 0) is 49.2 Å². The van der Waals surface area contributed by atoms with Crippen LogP contribution in [0.25, 0.3) is 0 Å². The summed E-state index contributed by atoms with van der Waals surface area (Å²) in [6.07, 6.45) is 2.54. The summed E-state index contributed by atoms with van der Waals surface area (Å²) in [5.74, 6) is 5.56. The van der Waals surface area contributed by atoms with Crippen LogP contribution in [0.2, 0.25) is 0 Å². The standard InChI is InChI=1S/C24H25NO5/c1-28-24(27)20-7-2-5-18(15-20)10-11-19-6-3-8-21(16-19)25-23(26)12-14-29-17-22-9-4-13-30-22/h2-3,5-8,15-16,22H,4,9,12-14,17H2,1H3,(H,25,26). The molecule has 0 saturated carbocycles. The Hall–Kier alpha value is -3.14. The van der Waals surface area contributed by atoms with Gasteiger partial charge < -0.3 is 19.5 Å². The number of rotatable bonds is 7. The van der Waals surface area contributed by atoms with Crippen LogP contribution in [0.3, 0.4) is 0 Å². The van der Waals surface area contributed by atoms with E-state index in [0.29, 0.717) is 30.0 Å². The highest BCUT2D eigenvalue weighted by molar-refractivity contribution is 5.91. The first-order valence-electron chi connectivity index (χ1n) is 9.94. The lowest BCUT2D eigenvalue weighted by molar-refractivity contribution is -0.117. The number of anilines is 1. The number of benzene rings is 2. The average Bonchev–Trinajstić information content (AvgIpc) is 3.29. The summed E-state index contributed by atoms with van der Waals surface area (Å²) < 4.78 is 15.7. The van der Waals surface area contributed by atoms with Gasteiger partial charge in [0, 0.05) is 23.4 Å². The van der Waals surface area contributed by atoms with Gasteiger partial charge in [0.15, 0.2) is 0 Å². The quantitative estimate of drug-likeness (QED) is 0.433. The number of methoxy groups -OCH3 is 1. The van der Waals surface area contributed by atoms with Gasteiger partial charge in [0.25, 0.3) is 0 Å². The molecule has 1 aliphatic heterocycles. The molecule has 3 rings (SSSR count). The van der Waals surface area contributed by atoms with Gasteiger partial charge in [-0.15, -0.1) is 0 Å². The lowest BCUT2D eigenvalue weighted by Gasteiger charge is -2.10. The molecule has 156 valence electrons. The van der Waals surface area contributed by atoms with Crippen molar-refractivity contribution in [2.45, 2.75) is 25.4 Å². The second kappa shape index (κ2) is 11.1. The van der Waals surface area contributed by atoms with Crippen LogP contribution in [0.1, 0.15) is 40.7 Å². The molecule has 0 radical (unpaired) electrons. The Morgan fingerprint density at radius 2 is 1.90 bits per heavy atom. The van der Waals surface area contributed by atoms with Gasteiger partial charge >= 0.3 is 5.97 Å². The Balaban J connectivity index is 1.51. The molecule has 1 amide bonds. The monoisotopic (exact) mass is 407 g/mol. The highest BCUT2D eigenvalue weighted by Gasteiger charge is 2.15. The van der Waals surface area contributed by atoms with Gasteiger partial charge in [0.05, 0.1) is 38.4 Å². The topological polar surface area (TPSA) is 73.9 Å². The van der Waals surface area contributed by atoms with Crippen LogP contribution in [0.5, 0.6) is 0 Å². The molecule has 2 aromatic rings. The third-order valence-corrected chi connectivity index (χ3v) is 4.58. The smallest absolute Gasteiger partial charge is 0.337 e. The maximum atomic E-state index is 12.1. The van der Waals surface area contributed by atoms with Crippen molar-refractivity contribution in [2.24, 2.45) is 0 Å². The molecule has 1 aliphatic rings. The van der Waals surface area contributed by atoms with Crippen LogP contribution in [0.15, 0.2) is 48.5 Å². The summed E-state index contributed by atoms with van der Waals surface area (Å²) in [5.41, 5.74) is 2.59. The first kappa shape index (κ1) is 21.6. The van der Waals surface area contributed by atoms with Gasteiger partial charge in [-0.25, -0.2) is 4.79 Å². The largest absolute Gasteiger partial charge is 0.465 e. The summed E-state index contributed by atoms with van der Waals surface area (Å²) in [5, 5.41) is 2.86. The fraction of sp³-hybridized carbons (Fsp3) is 0.333. The molecule has 2 aromatic carbocycles. The molecule has 1 fully saturated rings. The molecule has 1 N–H and O–H groups in total. The van der Waals surface area contributed by atoms with Crippen LogP contribution in [0, 0.1) is 11.8 Å². The lowest BCUT2D eigenvalue weighted by atomic mass is 10.1. The van der Waals surface area contributed by atoms with E-state index in [0.717, 1.165) is 25.0 Å². The zero-order valence-corrected chi connectivity index (χ0v) is 17.0. The molecular formula is C24H25NO5. The number of carbonyl (C=O) groups is 2. The van der Waals surface area contributed by atoms with Crippen molar-refractivity contribution in [3.8, 4) is 11.8 Å². The number of hydrogen-bond donors (Lipinski definition) is 1. The molecule has 6 heteroatoms. The zero-order chi connectivity index (χ0) is 21.2. The molecule has 1 saturated heterocycles. The Kier molecular flexibility index (Phi) is 8.02. The summed E-state index contributed by atoms with van der Waals surface area (Å²) >= 11 is 0.